The number of amides is 1. The van der Waals surface area contributed by atoms with Crippen molar-refractivity contribution in [2.24, 2.45) is 5.73 Å². The molecule has 0 bridgehead atoms. The number of rotatable bonds is 11. The first-order chi connectivity index (χ1) is 9.17. The van der Waals surface area contributed by atoms with Crippen LogP contribution in [0.15, 0.2) is 0 Å². The summed E-state index contributed by atoms with van der Waals surface area (Å²) in [5.74, 6) is -0.281. The first-order valence-electron chi connectivity index (χ1n) is 7.55. The number of nitrogens with one attached hydrogen (secondary N) is 1. The maximum atomic E-state index is 11.6. The molecule has 3 N–H and O–H groups in total. The van der Waals surface area contributed by atoms with E-state index >= 15 is 0 Å². The van der Waals surface area contributed by atoms with Crippen LogP contribution >= 0.6 is 0 Å². The topological polar surface area (TPSA) is 67.6 Å². The molecule has 0 fully saturated rings. The molecule has 1 unspecified atom stereocenters. The summed E-state index contributed by atoms with van der Waals surface area (Å²) >= 11 is 0. The minimum atomic E-state index is -0.622. The van der Waals surface area contributed by atoms with Gasteiger partial charge in [-0.25, -0.2) is 0 Å². The molecule has 5 heteroatoms. The van der Waals surface area contributed by atoms with Crippen LogP contribution in [0, 0.1) is 0 Å². The van der Waals surface area contributed by atoms with Gasteiger partial charge in [0.25, 0.3) is 0 Å². The van der Waals surface area contributed by atoms with E-state index in [0.717, 1.165) is 32.5 Å². The van der Waals surface area contributed by atoms with Crippen molar-refractivity contribution in [2.75, 3.05) is 26.7 Å². The zero-order valence-corrected chi connectivity index (χ0v) is 14.0. The molecular weight excluding hydrogens is 254 g/mol. The first-order valence-corrected chi connectivity index (χ1v) is 7.55. The Morgan fingerprint density at radius 1 is 1.30 bits per heavy atom. The first kappa shape index (κ1) is 19.4. The van der Waals surface area contributed by atoms with E-state index in [4.69, 9.17) is 10.5 Å². The predicted octanol–water partition coefficient (Wildman–Crippen LogP) is 1.37. The van der Waals surface area contributed by atoms with Gasteiger partial charge < -0.3 is 20.7 Å². The van der Waals surface area contributed by atoms with Gasteiger partial charge in [0.15, 0.2) is 0 Å². The largest absolute Gasteiger partial charge is 0.377 e. The van der Waals surface area contributed by atoms with E-state index in [2.05, 4.69) is 17.3 Å². The van der Waals surface area contributed by atoms with Crippen molar-refractivity contribution < 1.29 is 9.53 Å². The van der Waals surface area contributed by atoms with Crippen molar-refractivity contribution in [3.8, 4) is 0 Å². The summed E-state index contributed by atoms with van der Waals surface area (Å²) in [6.07, 6.45) is 1.95. The number of hydrogen-bond acceptors (Lipinski definition) is 4. The van der Waals surface area contributed by atoms with Crippen molar-refractivity contribution in [3.05, 3.63) is 0 Å². The van der Waals surface area contributed by atoms with Gasteiger partial charge in [-0.3, -0.25) is 4.79 Å². The van der Waals surface area contributed by atoms with Crippen LogP contribution in [-0.4, -0.2) is 55.2 Å². The Bertz CT molecular complexity index is 282. The van der Waals surface area contributed by atoms with E-state index in [1.54, 1.807) is 0 Å². The Labute approximate surface area is 124 Å². The van der Waals surface area contributed by atoms with Gasteiger partial charge in [0, 0.05) is 12.6 Å². The van der Waals surface area contributed by atoms with Crippen molar-refractivity contribution in [1.29, 1.82) is 0 Å². The van der Waals surface area contributed by atoms with Crippen LogP contribution in [0.2, 0.25) is 0 Å². The second-order valence-corrected chi connectivity index (χ2v) is 6.32. The third-order valence-electron chi connectivity index (χ3n) is 3.29. The standard InChI is InChI=1S/C15H33N3O2/c1-12(2)17-15(5,14(16)19)8-7-9-18(6)10-11-20-13(3)4/h12-13,17H,7-11H2,1-6H3,(H2,16,19). The van der Waals surface area contributed by atoms with Crippen molar-refractivity contribution in [2.45, 2.75) is 65.1 Å². The van der Waals surface area contributed by atoms with Crippen LogP contribution in [0.3, 0.4) is 0 Å². The Morgan fingerprint density at radius 3 is 2.35 bits per heavy atom. The molecule has 0 saturated carbocycles. The molecule has 5 nitrogen and oxygen atoms in total. The molecule has 0 heterocycles. The zero-order chi connectivity index (χ0) is 15.8. The highest BCUT2D eigenvalue weighted by Gasteiger charge is 2.30. The summed E-state index contributed by atoms with van der Waals surface area (Å²) in [6.45, 7) is 12.6. The van der Waals surface area contributed by atoms with Gasteiger partial charge in [-0.05, 0) is 61.1 Å². The molecule has 120 valence electrons. The second-order valence-electron chi connectivity index (χ2n) is 6.32. The summed E-state index contributed by atoms with van der Waals surface area (Å²) in [7, 11) is 2.07. The SMILES string of the molecule is CC(C)NC(C)(CCCN(C)CCOC(C)C)C(N)=O. The number of carbonyl (C=O) groups excluding carboxylic acids is 1. The summed E-state index contributed by atoms with van der Waals surface area (Å²) in [6, 6.07) is 0.240. The molecule has 0 aliphatic heterocycles. The van der Waals surface area contributed by atoms with Gasteiger partial charge in [-0.2, -0.15) is 0 Å². The van der Waals surface area contributed by atoms with Crippen LogP contribution in [-0.2, 0) is 9.53 Å². The number of carbonyl (C=O) groups is 1. The van der Waals surface area contributed by atoms with Crippen molar-refractivity contribution in [3.63, 3.8) is 0 Å². The summed E-state index contributed by atoms with van der Waals surface area (Å²) in [4.78, 5) is 13.8. The summed E-state index contributed by atoms with van der Waals surface area (Å²) in [5.41, 5.74) is 4.89. The number of hydrogen-bond donors (Lipinski definition) is 2. The number of likely N-dealkylation sites (N-methyl/N-ethyl adjacent to an activating group) is 1. The number of nitrogens with zero attached hydrogens (tertiary/aromatic N) is 1. The zero-order valence-electron chi connectivity index (χ0n) is 14.0. The highest BCUT2D eigenvalue weighted by Crippen LogP contribution is 2.13. The minimum Gasteiger partial charge on any atom is -0.377 e. The molecule has 0 aliphatic carbocycles. The van der Waals surface area contributed by atoms with Gasteiger partial charge in [-0.1, -0.05) is 0 Å². The third kappa shape index (κ3) is 8.51. The maximum absolute atomic E-state index is 11.6. The average molecular weight is 287 g/mol. The number of ether oxygens (including phenoxy) is 1. The van der Waals surface area contributed by atoms with E-state index < -0.39 is 5.54 Å². The molecule has 0 aromatic rings. The number of nitrogens with two attached hydrogens (primary N) is 1. The molecule has 0 aliphatic rings. The van der Waals surface area contributed by atoms with Gasteiger partial charge in [0.05, 0.1) is 18.2 Å². The molecule has 0 rings (SSSR count). The van der Waals surface area contributed by atoms with Crippen LogP contribution < -0.4 is 11.1 Å². The van der Waals surface area contributed by atoms with Crippen LogP contribution in [0.1, 0.15) is 47.5 Å². The predicted molar refractivity (Wildman–Crippen MR) is 83.7 cm³/mol. The molecule has 0 saturated heterocycles. The lowest BCUT2D eigenvalue weighted by Gasteiger charge is -2.30. The Morgan fingerprint density at radius 2 is 1.90 bits per heavy atom. The maximum Gasteiger partial charge on any atom is 0.237 e. The fourth-order valence-corrected chi connectivity index (χ4v) is 2.16. The van der Waals surface area contributed by atoms with Gasteiger partial charge in [0.2, 0.25) is 5.91 Å². The molecular formula is C15H33N3O2. The van der Waals surface area contributed by atoms with Crippen LogP contribution in [0.4, 0.5) is 0 Å². The average Bonchev–Trinajstić information content (AvgIpc) is 2.27. The van der Waals surface area contributed by atoms with E-state index in [9.17, 15) is 4.79 Å². The lowest BCUT2D eigenvalue weighted by molar-refractivity contribution is -0.124. The molecule has 1 amide bonds. The molecule has 1 atom stereocenters. The van der Waals surface area contributed by atoms with Gasteiger partial charge in [-0.15, -0.1) is 0 Å². The Hall–Kier alpha value is -0.650. The van der Waals surface area contributed by atoms with Gasteiger partial charge >= 0.3 is 0 Å². The van der Waals surface area contributed by atoms with Crippen LogP contribution in [0.25, 0.3) is 0 Å². The van der Waals surface area contributed by atoms with Gasteiger partial charge in [0.1, 0.15) is 0 Å². The van der Waals surface area contributed by atoms with E-state index in [0.29, 0.717) is 0 Å². The van der Waals surface area contributed by atoms with E-state index in [1.165, 1.54) is 0 Å². The lowest BCUT2D eigenvalue weighted by Crippen LogP contribution is -2.55. The van der Waals surface area contributed by atoms with Crippen molar-refractivity contribution >= 4 is 5.91 Å². The molecule has 20 heavy (non-hydrogen) atoms. The van der Waals surface area contributed by atoms with E-state index in [-0.39, 0.29) is 18.1 Å². The highest BCUT2D eigenvalue weighted by atomic mass is 16.5. The molecule has 0 aromatic heterocycles. The van der Waals surface area contributed by atoms with E-state index in [1.807, 2.05) is 34.6 Å². The Balaban J connectivity index is 4.02. The summed E-state index contributed by atoms with van der Waals surface area (Å²) < 4.78 is 5.52. The van der Waals surface area contributed by atoms with Crippen LogP contribution in [0.5, 0.6) is 0 Å². The smallest absolute Gasteiger partial charge is 0.237 e. The minimum absolute atomic E-state index is 0.240. The third-order valence-corrected chi connectivity index (χ3v) is 3.29. The summed E-state index contributed by atoms with van der Waals surface area (Å²) in [5, 5.41) is 3.27. The molecule has 0 spiro atoms. The number of primary amides is 1. The second kappa shape index (κ2) is 9.32. The lowest BCUT2D eigenvalue weighted by atomic mass is 9.94. The highest BCUT2D eigenvalue weighted by molar-refractivity contribution is 5.84. The molecule has 0 aromatic carbocycles. The fraction of sp³-hybridized carbons (Fsp3) is 0.933. The van der Waals surface area contributed by atoms with Crippen molar-refractivity contribution in [1.82, 2.24) is 10.2 Å². The normalized spacial score (nSPS) is 15.1. The monoisotopic (exact) mass is 287 g/mol. The fourth-order valence-electron chi connectivity index (χ4n) is 2.16. The quantitative estimate of drug-likeness (QED) is 0.602. The Kier molecular flexibility index (Phi) is 9.01. The molecule has 0 radical (unpaired) electrons.